The number of rotatable bonds is 7. The Bertz CT molecular complexity index is 1090. The molecule has 0 bridgehead atoms. The van der Waals surface area contributed by atoms with Gasteiger partial charge in [0.05, 0.1) is 5.52 Å². The number of nitrogens with zero attached hydrogens (tertiary/aromatic N) is 3. The Morgan fingerprint density at radius 1 is 0.941 bits per heavy atom. The number of nitrogens with one attached hydrogen (secondary N) is 2. The first-order valence-electron chi connectivity index (χ1n) is 12.7. The van der Waals surface area contributed by atoms with E-state index < -0.39 is 0 Å². The van der Waals surface area contributed by atoms with Crippen LogP contribution in [0.2, 0.25) is 0 Å². The van der Waals surface area contributed by atoms with E-state index in [4.69, 9.17) is 9.97 Å². The van der Waals surface area contributed by atoms with Crippen LogP contribution in [-0.4, -0.2) is 48.4 Å². The lowest BCUT2D eigenvalue weighted by Crippen LogP contribution is -2.39. The second kappa shape index (κ2) is 10.5. The fraction of sp³-hybridized carbons (Fsp3) is 0.500. The van der Waals surface area contributed by atoms with Crippen LogP contribution in [0.4, 0.5) is 11.8 Å². The lowest BCUT2D eigenvalue weighted by Gasteiger charge is -2.30. The first kappa shape index (κ1) is 23.4. The smallest absolute Gasteiger partial charge is 0.225 e. The zero-order chi connectivity index (χ0) is 23.5. The van der Waals surface area contributed by atoms with Crippen LogP contribution >= 0.6 is 11.8 Å². The molecule has 1 aliphatic heterocycles. The summed E-state index contributed by atoms with van der Waals surface area (Å²) in [5, 5.41) is 9.30. The average molecular weight is 476 g/mol. The Morgan fingerprint density at radius 3 is 2.44 bits per heavy atom. The van der Waals surface area contributed by atoms with Crippen molar-refractivity contribution in [3.63, 3.8) is 0 Å². The van der Waals surface area contributed by atoms with E-state index in [2.05, 4.69) is 70.6 Å². The van der Waals surface area contributed by atoms with Gasteiger partial charge in [-0.05, 0) is 74.9 Å². The number of anilines is 2. The Kier molecular flexibility index (Phi) is 7.26. The monoisotopic (exact) mass is 475 g/mol. The maximum Gasteiger partial charge on any atom is 0.225 e. The van der Waals surface area contributed by atoms with E-state index >= 15 is 0 Å². The molecule has 2 heterocycles. The third kappa shape index (κ3) is 5.49. The maximum absolute atomic E-state index is 4.82. The van der Waals surface area contributed by atoms with E-state index in [-0.39, 0.29) is 0 Å². The molecule has 2 atom stereocenters. The average Bonchev–Trinajstić information content (AvgIpc) is 3.32. The molecule has 1 saturated heterocycles. The van der Waals surface area contributed by atoms with Crippen LogP contribution in [0.25, 0.3) is 10.9 Å². The maximum atomic E-state index is 4.82. The minimum atomic E-state index is 0.446. The SMILES string of the molecule is Cc1ccc(C2CC(CNC3CCC(Nc4nc(N(C)C)c5ccccc5n4)CC3)CS2)cc1. The van der Waals surface area contributed by atoms with Crippen LogP contribution in [0.5, 0.6) is 0 Å². The van der Waals surface area contributed by atoms with Gasteiger partial charge in [0.25, 0.3) is 0 Å². The minimum absolute atomic E-state index is 0.446. The number of hydrogen-bond acceptors (Lipinski definition) is 6. The first-order chi connectivity index (χ1) is 16.5. The van der Waals surface area contributed by atoms with Crippen molar-refractivity contribution in [2.24, 2.45) is 5.92 Å². The highest BCUT2D eigenvalue weighted by Crippen LogP contribution is 2.43. The van der Waals surface area contributed by atoms with Crippen molar-refractivity contribution < 1.29 is 0 Å². The predicted octanol–water partition coefficient (Wildman–Crippen LogP) is 5.81. The van der Waals surface area contributed by atoms with Gasteiger partial charge in [0.2, 0.25) is 5.95 Å². The van der Waals surface area contributed by atoms with Gasteiger partial charge in [0.1, 0.15) is 5.82 Å². The third-order valence-corrected chi connectivity index (χ3v) is 8.82. The Morgan fingerprint density at radius 2 is 1.68 bits per heavy atom. The summed E-state index contributed by atoms with van der Waals surface area (Å²) in [6.07, 6.45) is 6.05. The molecule has 2 aliphatic rings. The normalized spacial score (nSPS) is 24.9. The van der Waals surface area contributed by atoms with Crippen molar-refractivity contribution in [3.05, 3.63) is 59.7 Å². The quantitative estimate of drug-likeness (QED) is 0.450. The molecule has 0 amide bonds. The Balaban J connectivity index is 1.10. The minimum Gasteiger partial charge on any atom is -0.362 e. The topological polar surface area (TPSA) is 53.1 Å². The van der Waals surface area contributed by atoms with Crippen molar-refractivity contribution in [3.8, 4) is 0 Å². The van der Waals surface area contributed by atoms with Crippen LogP contribution < -0.4 is 15.5 Å². The molecule has 180 valence electrons. The molecule has 3 aromatic rings. The summed E-state index contributed by atoms with van der Waals surface area (Å²) in [6.45, 7) is 3.32. The number of fused-ring (bicyclic) bond motifs is 1. The summed E-state index contributed by atoms with van der Waals surface area (Å²) >= 11 is 2.13. The van der Waals surface area contributed by atoms with Crippen molar-refractivity contribution >= 4 is 34.4 Å². The van der Waals surface area contributed by atoms with Gasteiger partial charge in [-0.3, -0.25) is 0 Å². The second-order valence-corrected chi connectivity index (χ2v) is 11.5. The number of benzene rings is 2. The lowest BCUT2D eigenvalue weighted by molar-refractivity contribution is 0.336. The summed E-state index contributed by atoms with van der Waals surface area (Å²) in [5.74, 6) is 3.78. The Hall–Kier alpha value is -2.31. The van der Waals surface area contributed by atoms with E-state index in [0.717, 1.165) is 48.0 Å². The molecule has 5 nitrogen and oxygen atoms in total. The van der Waals surface area contributed by atoms with E-state index in [9.17, 15) is 0 Å². The van der Waals surface area contributed by atoms with E-state index in [1.807, 2.05) is 26.2 Å². The largest absolute Gasteiger partial charge is 0.362 e. The third-order valence-electron chi connectivity index (χ3n) is 7.29. The molecule has 2 fully saturated rings. The summed E-state index contributed by atoms with van der Waals surface area (Å²) in [5.41, 5.74) is 3.84. The highest BCUT2D eigenvalue weighted by Gasteiger charge is 2.28. The van der Waals surface area contributed by atoms with Crippen LogP contribution in [-0.2, 0) is 0 Å². The van der Waals surface area contributed by atoms with Gasteiger partial charge < -0.3 is 15.5 Å². The molecule has 1 aliphatic carbocycles. The highest BCUT2D eigenvalue weighted by molar-refractivity contribution is 7.99. The number of aryl methyl sites for hydroxylation is 1. The van der Waals surface area contributed by atoms with Gasteiger partial charge >= 0.3 is 0 Å². The zero-order valence-electron chi connectivity index (χ0n) is 20.6. The fourth-order valence-corrected chi connectivity index (χ4v) is 6.79. The number of hydrogen-bond donors (Lipinski definition) is 2. The Labute approximate surface area is 208 Å². The molecule has 1 aromatic heterocycles. The van der Waals surface area contributed by atoms with Gasteiger partial charge in [0, 0.05) is 36.8 Å². The summed E-state index contributed by atoms with van der Waals surface area (Å²) < 4.78 is 0. The second-order valence-electron chi connectivity index (χ2n) is 10.2. The van der Waals surface area contributed by atoms with E-state index in [0.29, 0.717) is 17.3 Å². The molecular weight excluding hydrogens is 438 g/mol. The molecule has 1 saturated carbocycles. The highest BCUT2D eigenvalue weighted by atomic mass is 32.2. The molecule has 0 spiro atoms. The van der Waals surface area contributed by atoms with Gasteiger partial charge in [-0.15, -0.1) is 0 Å². The molecule has 5 rings (SSSR count). The number of aromatic nitrogens is 2. The van der Waals surface area contributed by atoms with Crippen molar-refractivity contribution in [2.75, 3.05) is 36.6 Å². The molecule has 2 aromatic carbocycles. The zero-order valence-corrected chi connectivity index (χ0v) is 21.4. The standard InChI is InChI=1S/C28H37N5S/c1-19-8-10-21(11-9-19)26-16-20(18-34-26)17-29-22-12-14-23(15-13-22)30-28-31-25-7-5-4-6-24(25)27(32-28)33(2)3/h4-11,20,22-23,26,29H,12-18H2,1-3H3,(H,30,31,32). The van der Waals surface area contributed by atoms with Crippen LogP contribution in [0, 0.1) is 12.8 Å². The van der Waals surface area contributed by atoms with E-state index in [1.165, 1.54) is 36.1 Å². The van der Waals surface area contributed by atoms with Gasteiger partial charge in [-0.25, -0.2) is 4.98 Å². The molecular formula is C28H37N5S. The van der Waals surface area contributed by atoms with Crippen LogP contribution in [0.15, 0.2) is 48.5 Å². The summed E-state index contributed by atoms with van der Waals surface area (Å²) in [7, 11) is 4.09. The van der Waals surface area contributed by atoms with Gasteiger partial charge in [0.15, 0.2) is 0 Å². The van der Waals surface area contributed by atoms with Crippen LogP contribution in [0.3, 0.4) is 0 Å². The molecule has 6 heteroatoms. The van der Waals surface area contributed by atoms with Gasteiger partial charge in [-0.2, -0.15) is 16.7 Å². The lowest BCUT2D eigenvalue weighted by atomic mass is 9.90. The molecule has 2 unspecified atom stereocenters. The first-order valence-corrected chi connectivity index (χ1v) is 13.7. The van der Waals surface area contributed by atoms with Crippen molar-refractivity contribution in [1.29, 1.82) is 0 Å². The molecule has 34 heavy (non-hydrogen) atoms. The number of thioether (sulfide) groups is 1. The molecule has 0 radical (unpaired) electrons. The fourth-order valence-electron chi connectivity index (χ4n) is 5.27. The van der Waals surface area contributed by atoms with Crippen molar-refractivity contribution in [2.45, 2.75) is 56.4 Å². The molecule has 2 N–H and O–H groups in total. The summed E-state index contributed by atoms with van der Waals surface area (Å²) in [6, 6.07) is 18.5. The number of para-hydroxylation sites is 1. The predicted molar refractivity (Wildman–Crippen MR) is 146 cm³/mol. The van der Waals surface area contributed by atoms with Gasteiger partial charge in [-0.1, -0.05) is 42.0 Å². The van der Waals surface area contributed by atoms with E-state index in [1.54, 1.807) is 0 Å². The van der Waals surface area contributed by atoms with Crippen LogP contribution in [0.1, 0.15) is 48.5 Å². The summed E-state index contributed by atoms with van der Waals surface area (Å²) in [4.78, 5) is 11.7. The van der Waals surface area contributed by atoms with Crippen molar-refractivity contribution in [1.82, 2.24) is 15.3 Å².